The SMILES string of the molecule is CCN1CCCC1CNC(=NC)NCc1cccnc1OC. The summed E-state index contributed by atoms with van der Waals surface area (Å²) >= 11 is 0. The van der Waals surface area contributed by atoms with Gasteiger partial charge < -0.3 is 15.4 Å². The number of aliphatic imine (C=N–C) groups is 1. The maximum absolute atomic E-state index is 5.26. The fraction of sp³-hybridized carbons (Fsp3) is 0.625. The number of likely N-dealkylation sites (N-methyl/N-ethyl adjacent to an activating group) is 1. The van der Waals surface area contributed by atoms with E-state index in [1.165, 1.54) is 19.4 Å². The van der Waals surface area contributed by atoms with Gasteiger partial charge in [-0.15, -0.1) is 0 Å². The van der Waals surface area contributed by atoms with E-state index in [0.717, 1.165) is 24.6 Å². The Labute approximate surface area is 133 Å². The Kier molecular flexibility index (Phi) is 6.45. The van der Waals surface area contributed by atoms with Crippen molar-refractivity contribution in [2.24, 2.45) is 4.99 Å². The fourth-order valence-corrected chi connectivity index (χ4v) is 2.90. The van der Waals surface area contributed by atoms with E-state index in [0.29, 0.717) is 18.5 Å². The average Bonchev–Trinajstić information content (AvgIpc) is 3.03. The van der Waals surface area contributed by atoms with Crippen LogP contribution in [-0.2, 0) is 6.54 Å². The number of hydrogen-bond donors (Lipinski definition) is 2. The van der Waals surface area contributed by atoms with Crippen molar-refractivity contribution in [3.8, 4) is 5.88 Å². The quantitative estimate of drug-likeness (QED) is 0.612. The molecule has 0 spiro atoms. The second-order valence-electron chi connectivity index (χ2n) is 5.40. The van der Waals surface area contributed by atoms with Crippen LogP contribution in [-0.4, -0.2) is 55.7 Å². The summed E-state index contributed by atoms with van der Waals surface area (Å²) in [6.45, 7) is 6.11. The topological polar surface area (TPSA) is 61.8 Å². The number of methoxy groups -OCH3 is 1. The molecule has 0 aliphatic carbocycles. The molecule has 0 bridgehead atoms. The van der Waals surface area contributed by atoms with Crippen LogP contribution < -0.4 is 15.4 Å². The lowest BCUT2D eigenvalue weighted by atomic mass is 10.2. The summed E-state index contributed by atoms with van der Waals surface area (Å²) in [4.78, 5) is 11.0. The first-order valence-corrected chi connectivity index (χ1v) is 7.95. The zero-order valence-electron chi connectivity index (χ0n) is 13.8. The lowest BCUT2D eigenvalue weighted by Crippen LogP contribution is -2.44. The van der Waals surface area contributed by atoms with Crippen molar-refractivity contribution < 1.29 is 4.74 Å². The monoisotopic (exact) mass is 305 g/mol. The Morgan fingerprint density at radius 1 is 1.50 bits per heavy atom. The largest absolute Gasteiger partial charge is 0.481 e. The van der Waals surface area contributed by atoms with Gasteiger partial charge in [-0.3, -0.25) is 9.89 Å². The molecule has 1 aliphatic heterocycles. The molecule has 1 atom stereocenters. The minimum Gasteiger partial charge on any atom is -0.481 e. The first-order chi connectivity index (χ1) is 10.8. The highest BCUT2D eigenvalue weighted by Gasteiger charge is 2.22. The number of likely N-dealkylation sites (tertiary alicyclic amines) is 1. The molecule has 0 amide bonds. The summed E-state index contributed by atoms with van der Waals surface area (Å²) in [5, 5.41) is 6.74. The van der Waals surface area contributed by atoms with Crippen molar-refractivity contribution in [3.63, 3.8) is 0 Å². The Hall–Kier alpha value is -1.82. The molecule has 0 saturated carbocycles. The molecule has 2 N–H and O–H groups in total. The van der Waals surface area contributed by atoms with Gasteiger partial charge >= 0.3 is 0 Å². The van der Waals surface area contributed by atoms with Crippen LogP contribution in [0.2, 0.25) is 0 Å². The maximum Gasteiger partial charge on any atom is 0.218 e. The highest BCUT2D eigenvalue weighted by Crippen LogP contribution is 2.15. The second-order valence-corrected chi connectivity index (χ2v) is 5.40. The Bertz CT molecular complexity index is 491. The molecule has 1 aromatic heterocycles. The fourth-order valence-electron chi connectivity index (χ4n) is 2.90. The smallest absolute Gasteiger partial charge is 0.218 e. The van der Waals surface area contributed by atoms with E-state index in [9.17, 15) is 0 Å². The van der Waals surface area contributed by atoms with Crippen molar-refractivity contribution in [1.82, 2.24) is 20.5 Å². The normalized spacial score (nSPS) is 19.2. The maximum atomic E-state index is 5.26. The summed E-state index contributed by atoms with van der Waals surface area (Å²) in [6, 6.07) is 4.52. The number of guanidine groups is 1. The van der Waals surface area contributed by atoms with Crippen molar-refractivity contribution >= 4 is 5.96 Å². The van der Waals surface area contributed by atoms with Crippen molar-refractivity contribution in [2.75, 3.05) is 33.8 Å². The molecule has 2 rings (SSSR count). The van der Waals surface area contributed by atoms with Gasteiger partial charge in [0.25, 0.3) is 0 Å². The lowest BCUT2D eigenvalue weighted by Gasteiger charge is -2.24. The number of pyridine rings is 1. The van der Waals surface area contributed by atoms with Gasteiger partial charge in [0.15, 0.2) is 5.96 Å². The summed E-state index contributed by atoms with van der Waals surface area (Å²) < 4.78 is 5.26. The highest BCUT2D eigenvalue weighted by atomic mass is 16.5. The third-order valence-corrected chi connectivity index (χ3v) is 4.12. The van der Waals surface area contributed by atoms with Gasteiger partial charge in [-0.2, -0.15) is 0 Å². The molecule has 0 aromatic carbocycles. The Balaban J connectivity index is 1.82. The third kappa shape index (κ3) is 4.34. The van der Waals surface area contributed by atoms with Crippen LogP contribution in [0.15, 0.2) is 23.3 Å². The number of ether oxygens (including phenoxy) is 1. The standard InChI is InChI=1S/C16H27N5O/c1-4-21-10-6-8-14(21)12-20-16(17-2)19-11-13-7-5-9-18-15(13)22-3/h5,7,9,14H,4,6,8,10-12H2,1-3H3,(H2,17,19,20). The van der Waals surface area contributed by atoms with E-state index in [-0.39, 0.29) is 0 Å². The molecular weight excluding hydrogens is 278 g/mol. The predicted molar refractivity (Wildman–Crippen MR) is 89.3 cm³/mol. The first-order valence-electron chi connectivity index (χ1n) is 7.95. The second kappa shape index (κ2) is 8.58. The molecule has 6 heteroatoms. The van der Waals surface area contributed by atoms with Crippen LogP contribution in [0.25, 0.3) is 0 Å². The zero-order chi connectivity index (χ0) is 15.8. The van der Waals surface area contributed by atoms with Gasteiger partial charge in [0, 0.05) is 37.9 Å². The minimum atomic E-state index is 0.608. The van der Waals surface area contributed by atoms with Crippen molar-refractivity contribution in [1.29, 1.82) is 0 Å². The van der Waals surface area contributed by atoms with E-state index in [4.69, 9.17) is 4.74 Å². The van der Waals surface area contributed by atoms with Crippen LogP contribution in [0.1, 0.15) is 25.3 Å². The van der Waals surface area contributed by atoms with Crippen LogP contribution in [0.3, 0.4) is 0 Å². The van der Waals surface area contributed by atoms with E-state index < -0.39 is 0 Å². The minimum absolute atomic E-state index is 0.608. The predicted octanol–water partition coefficient (Wildman–Crippen LogP) is 1.24. The van der Waals surface area contributed by atoms with Crippen molar-refractivity contribution in [3.05, 3.63) is 23.9 Å². The molecule has 1 fully saturated rings. The van der Waals surface area contributed by atoms with Gasteiger partial charge in [0.1, 0.15) is 0 Å². The van der Waals surface area contributed by atoms with Gasteiger partial charge in [0.05, 0.1) is 7.11 Å². The van der Waals surface area contributed by atoms with Gasteiger partial charge in [-0.05, 0) is 32.0 Å². The van der Waals surface area contributed by atoms with Crippen LogP contribution in [0, 0.1) is 0 Å². The molecule has 1 aromatic rings. The number of rotatable bonds is 6. The average molecular weight is 305 g/mol. The Morgan fingerprint density at radius 2 is 2.36 bits per heavy atom. The van der Waals surface area contributed by atoms with Gasteiger partial charge in [-0.1, -0.05) is 13.0 Å². The van der Waals surface area contributed by atoms with E-state index in [2.05, 4.69) is 32.4 Å². The summed E-state index contributed by atoms with van der Waals surface area (Å²) in [5.74, 6) is 1.47. The number of hydrogen-bond acceptors (Lipinski definition) is 4. The van der Waals surface area contributed by atoms with E-state index in [1.807, 2.05) is 12.1 Å². The molecule has 2 heterocycles. The van der Waals surface area contributed by atoms with Crippen LogP contribution in [0.4, 0.5) is 0 Å². The number of aromatic nitrogens is 1. The molecular formula is C16H27N5O. The van der Waals surface area contributed by atoms with Crippen LogP contribution in [0.5, 0.6) is 5.88 Å². The summed E-state index contributed by atoms with van der Waals surface area (Å²) in [7, 11) is 3.43. The van der Waals surface area contributed by atoms with Crippen molar-refractivity contribution in [2.45, 2.75) is 32.4 Å². The Morgan fingerprint density at radius 3 is 3.09 bits per heavy atom. The van der Waals surface area contributed by atoms with Gasteiger partial charge in [0.2, 0.25) is 5.88 Å². The highest BCUT2D eigenvalue weighted by molar-refractivity contribution is 5.79. The van der Waals surface area contributed by atoms with E-state index >= 15 is 0 Å². The molecule has 1 unspecified atom stereocenters. The molecule has 22 heavy (non-hydrogen) atoms. The zero-order valence-corrected chi connectivity index (χ0v) is 13.8. The molecule has 1 aliphatic rings. The molecule has 0 radical (unpaired) electrons. The van der Waals surface area contributed by atoms with Crippen LogP contribution >= 0.6 is 0 Å². The first kappa shape index (κ1) is 16.5. The summed E-state index contributed by atoms with van der Waals surface area (Å²) in [5.41, 5.74) is 1.02. The lowest BCUT2D eigenvalue weighted by molar-refractivity contribution is 0.267. The molecule has 122 valence electrons. The van der Waals surface area contributed by atoms with Gasteiger partial charge in [-0.25, -0.2) is 4.98 Å². The summed E-state index contributed by atoms with van der Waals surface area (Å²) in [6.07, 6.45) is 4.28. The third-order valence-electron chi connectivity index (χ3n) is 4.12. The molecule has 1 saturated heterocycles. The number of nitrogens with one attached hydrogen (secondary N) is 2. The molecule has 6 nitrogen and oxygen atoms in total. The number of nitrogens with zero attached hydrogens (tertiary/aromatic N) is 3. The van der Waals surface area contributed by atoms with E-state index in [1.54, 1.807) is 20.4 Å².